The Bertz CT molecular complexity index is 462. The molecule has 4 heteroatoms. The van der Waals surface area contributed by atoms with E-state index in [4.69, 9.17) is 0 Å². The van der Waals surface area contributed by atoms with Gasteiger partial charge >= 0.3 is 0 Å². The summed E-state index contributed by atoms with van der Waals surface area (Å²) in [5.74, 6) is 0.481. The third kappa shape index (κ3) is 2.38. The molecule has 0 spiro atoms. The molecule has 2 aromatic rings. The van der Waals surface area contributed by atoms with E-state index in [9.17, 15) is 5.11 Å². The highest BCUT2D eigenvalue weighted by molar-refractivity contribution is 7.10. The second-order valence-corrected chi connectivity index (χ2v) is 7.32. The van der Waals surface area contributed by atoms with Crippen LogP contribution in [0.4, 0.5) is 0 Å². The lowest BCUT2D eigenvalue weighted by Crippen LogP contribution is -2.48. The fraction of sp³-hybridized carbons (Fsp3) is 0.467. The number of aliphatic hydroxyl groups is 1. The lowest BCUT2D eigenvalue weighted by atomic mass is 9.78. The molecule has 5 atom stereocenters. The first-order valence-electron chi connectivity index (χ1n) is 6.69. The van der Waals surface area contributed by atoms with Crippen molar-refractivity contribution in [2.45, 2.75) is 32.0 Å². The Morgan fingerprint density at radius 1 is 0.947 bits per heavy atom. The van der Waals surface area contributed by atoms with Crippen molar-refractivity contribution in [2.75, 3.05) is 0 Å². The van der Waals surface area contributed by atoms with Gasteiger partial charge in [-0.1, -0.05) is 26.0 Å². The molecule has 1 fully saturated rings. The number of rotatable bonds is 2. The Kier molecular flexibility index (Phi) is 3.76. The summed E-state index contributed by atoms with van der Waals surface area (Å²) in [4.78, 5) is 2.64. The number of aliphatic hydroxyl groups excluding tert-OH is 1. The molecule has 2 nitrogen and oxygen atoms in total. The Hall–Kier alpha value is -0.680. The number of piperidine rings is 1. The van der Waals surface area contributed by atoms with Crippen molar-refractivity contribution in [1.29, 1.82) is 0 Å². The van der Waals surface area contributed by atoms with E-state index in [1.807, 2.05) is 0 Å². The molecule has 1 aliphatic rings. The van der Waals surface area contributed by atoms with Crippen LogP contribution in [0.15, 0.2) is 35.0 Å². The van der Waals surface area contributed by atoms with Crippen molar-refractivity contribution in [1.82, 2.24) is 5.32 Å². The molecule has 2 N–H and O–H groups in total. The maximum atomic E-state index is 10.6. The summed E-state index contributed by atoms with van der Waals surface area (Å²) >= 11 is 3.53. The summed E-state index contributed by atoms with van der Waals surface area (Å²) in [7, 11) is 0. The average Bonchev–Trinajstić information content (AvgIpc) is 3.08. The largest absolute Gasteiger partial charge is 0.392 e. The van der Waals surface area contributed by atoms with Gasteiger partial charge in [0.05, 0.1) is 6.10 Å². The Morgan fingerprint density at radius 2 is 1.42 bits per heavy atom. The second-order valence-electron chi connectivity index (χ2n) is 5.36. The van der Waals surface area contributed by atoms with Crippen LogP contribution in [0.2, 0.25) is 0 Å². The highest BCUT2D eigenvalue weighted by atomic mass is 32.1. The van der Waals surface area contributed by atoms with E-state index in [2.05, 4.69) is 54.2 Å². The standard InChI is InChI=1S/C15H19NOS2/c1-9-13(11-5-3-7-18-11)16-14(10(2)15(9)17)12-6-4-8-19-12/h3-10,13-17H,1-2H3/t9-,10-,13-,14+,15?/m1/s1. The summed E-state index contributed by atoms with van der Waals surface area (Å²) in [6, 6.07) is 8.98. The van der Waals surface area contributed by atoms with Gasteiger partial charge in [-0.2, -0.15) is 0 Å². The van der Waals surface area contributed by atoms with Gasteiger partial charge < -0.3 is 10.4 Å². The quantitative estimate of drug-likeness (QED) is 0.882. The fourth-order valence-corrected chi connectivity index (χ4v) is 4.79. The van der Waals surface area contributed by atoms with Crippen LogP contribution in [-0.4, -0.2) is 11.2 Å². The monoisotopic (exact) mass is 293 g/mol. The zero-order valence-corrected chi connectivity index (χ0v) is 12.7. The zero-order valence-electron chi connectivity index (χ0n) is 11.1. The average molecular weight is 293 g/mol. The molecular formula is C15H19NOS2. The fourth-order valence-electron chi connectivity index (χ4n) is 2.99. The molecule has 0 bridgehead atoms. The van der Waals surface area contributed by atoms with Crippen LogP contribution in [0, 0.1) is 11.8 Å². The van der Waals surface area contributed by atoms with Crippen LogP contribution in [0.5, 0.6) is 0 Å². The molecule has 1 unspecified atom stereocenters. The number of nitrogens with one attached hydrogen (secondary N) is 1. The van der Waals surface area contributed by atoms with Gasteiger partial charge in [-0.3, -0.25) is 0 Å². The molecule has 102 valence electrons. The van der Waals surface area contributed by atoms with Crippen LogP contribution in [0.1, 0.15) is 35.7 Å². The minimum Gasteiger partial charge on any atom is -0.392 e. The molecule has 3 heterocycles. The Morgan fingerprint density at radius 3 is 1.79 bits per heavy atom. The molecule has 0 aromatic carbocycles. The molecule has 3 rings (SSSR count). The van der Waals surface area contributed by atoms with E-state index in [0.29, 0.717) is 0 Å². The van der Waals surface area contributed by atoms with Gasteiger partial charge in [0.1, 0.15) is 0 Å². The predicted molar refractivity (Wildman–Crippen MR) is 81.6 cm³/mol. The highest BCUT2D eigenvalue weighted by Gasteiger charge is 2.40. The molecule has 0 radical (unpaired) electrons. The summed E-state index contributed by atoms with van der Waals surface area (Å²) in [5.41, 5.74) is 0. The minimum absolute atomic E-state index is 0.241. The van der Waals surface area contributed by atoms with Crippen LogP contribution in [0.3, 0.4) is 0 Å². The van der Waals surface area contributed by atoms with Gasteiger partial charge in [-0.25, -0.2) is 0 Å². The minimum atomic E-state index is -0.263. The van der Waals surface area contributed by atoms with Gasteiger partial charge in [0.2, 0.25) is 0 Å². The van der Waals surface area contributed by atoms with Gasteiger partial charge in [-0.05, 0) is 22.9 Å². The van der Waals surface area contributed by atoms with E-state index in [-0.39, 0.29) is 30.0 Å². The van der Waals surface area contributed by atoms with E-state index in [1.54, 1.807) is 22.7 Å². The van der Waals surface area contributed by atoms with Crippen molar-refractivity contribution < 1.29 is 5.11 Å². The van der Waals surface area contributed by atoms with E-state index < -0.39 is 0 Å². The normalized spacial score (nSPS) is 35.4. The molecule has 0 aliphatic carbocycles. The predicted octanol–water partition coefficient (Wildman–Crippen LogP) is 3.83. The Balaban J connectivity index is 1.91. The van der Waals surface area contributed by atoms with Crippen molar-refractivity contribution >= 4 is 22.7 Å². The number of hydrogen-bond acceptors (Lipinski definition) is 4. The second kappa shape index (κ2) is 5.37. The molecule has 1 saturated heterocycles. The van der Waals surface area contributed by atoms with E-state index in [1.165, 1.54) is 9.75 Å². The third-order valence-electron chi connectivity index (χ3n) is 4.19. The SMILES string of the molecule is C[C@H]1C(O)[C@H](C)[C@H](c2cccs2)N[C@@H]1c1cccs1. The van der Waals surface area contributed by atoms with Crippen LogP contribution < -0.4 is 5.32 Å². The molecular weight excluding hydrogens is 274 g/mol. The van der Waals surface area contributed by atoms with Crippen LogP contribution >= 0.6 is 22.7 Å². The number of thiophene rings is 2. The zero-order chi connectivity index (χ0) is 13.4. The smallest absolute Gasteiger partial charge is 0.0628 e. The van der Waals surface area contributed by atoms with Crippen LogP contribution in [0.25, 0.3) is 0 Å². The van der Waals surface area contributed by atoms with Crippen molar-refractivity contribution in [3.05, 3.63) is 44.8 Å². The summed E-state index contributed by atoms with van der Waals surface area (Å²) in [5, 5.41) is 18.5. The highest BCUT2D eigenvalue weighted by Crippen LogP contribution is 2.42. The van der Waals surface area contributed by atoms with Gasteiger partial charge in [0.25, 0.3) is 0 Å². The molecule has 0 amide bonds. The van der Waals surface area contributed by atoms with Crippen molar-refractivity contribution in [3.8, 4) is 0 Å². The first-order valence-corrected chi connectivity index (χ1v) is 8.45. The van der Waals surface area contributed by atoms with E-state index in [0.717, 1.165) is 0 Å². The van der Waals surface area contributed by atoms with Crippen molar-refractivity contribution in [3.63, 3.8) is 0 Å². The topological polar surface area (TPSA) is 32.3 Å². The van der Waals surface area contributed by atoms with Crippen LogP contribution in [-0.2, 0) is 0 Å². The molecule has 0 saturated carbocycles. The summed E-state index contributed by atoms with van der Waals surface area (Å²) in [6.45, 7) is 4.28. The lowest BCUT2D eigenvalue weighted by Gasteiger charge is -2.43. The Labute approximate surface area is 122 Å². The third-order valence-corrected chi connectivity index (χ3v) is 6.10. The first-order chi connectivity index (χ1) is 9.18. The van der Waals surface area contributed by atoms with Gasteiger partial charge in [-0.15, -0.1) is 22.7 Å². The van der Waals surface area contributed by atoms with Crippen molar-refractivity contribution in [2.24, 2.45) is 11.8 Å². The summed E-state index contributed by atoms with van der Waals surface area (Å²) < 4.78 is 0. The molecule has 19 heavy (non-hydrogen) atoms. The summed E-state index contributed by atoms with van der Waals surface area (Å²) in [6.07, 6.45) is -0.263. The van der Waals surface area contributed by atoms with Gasteiger partial charge in [0, 0.05) is 33.7 Å². The van der Waals surface area contributed by atoms with Gasteiger partial charge in [0.15, 0.2) is 0 Å². The molecule has 1 aliphatic heterocycles. The first kappa shape index (κ1) is 13.3. The van der Waals surface area contributed by atoms with E-state index >= 15 is 0 Å². The maximum absolute atomic E-state index is 10.6. The molecule has 2 aromatic heterocycles. The number of hydrogen-bond donors (Lipinski definition) is 2. The maximum Gasteiger partial charge on any atom is 0.0628 e. The lowest BCUT2D eigenvalue weighted by molar-refractivity contribution is -0.00521.